The number of methoxy groups -OCH3 is 1. The van der Waals surface area contributed by atoms with E-state index in [0.717, 1.165) is 58.1 Å². The van der Waals surface area contributed by atoms with Gasteiger partial charge in [0, 0.05) is 52.7 Å². The molecule has 126 valence electrons. The van der Waals surface area contributed by atoms with Crippen LogP contribution in [0.1, 0.15) is 12.8 Å². The summed E-state index contributed by atoms with van der Waals surface area (Å²) < 4.78 is 7.00. The first-order chi connectivity index (χ1) is 10.8. The van der Waals surface area contributed by atoms with Crippen LogP contribution in [0.25, 0.3) is 0 Å². The predicted molar refractivity (Wildman–Crippen MR) is 90.2 cm³/mol. The molecular formula is C15H30N6O. The average Bonchev–Trinajstić information content (AvgIpc) is 3.04. The molecule has 1 rings (SSSR count). The Labute approximate surface area is 133 Å². The lowest BCUT2D eigenvalue weighted by Crippen LogP contribution is -2.39. The number of aromatic nitrogens is 2. The number of guanidine groups is 1. The topological polar surface area (TPSA) is 66.7 Å². The summed E-state index contributed by atoms with van der Waals surface area (Å²) in [5.74, 6) is 0.861. The lowest BCUT2D eigenvalue weighted by molar-refractivity contribution is 0.161. The molecule has 0 atom stereocenters. The van der Waals surface area contributed by atoms with Crippen molar-refractivity contribution in [2.75, 3.05) is 54.0 Å². The third-order valence-electron chi connectivity index (χ3n) is 3.33. The number of nitrogens with zero attached hydrogens (tertiary/aromatic N) is 4. The third-order valence-corrected chi connectivity index (χ3v) is 3.33. The molecule has 0 aliphatic heterocycles. The Morgan fingerprint density at radius 1 is 1.27 bits per heavy atom. The van der Waals surface area contributed by atoms with E-state index < -0.39 is 0 Å². The zero-order chi connectivity index (χ0) is 16.0. The first-order valence-electron chi connectivity index (χ1n) is 7.85. The SMILES string of the molecule is CN=C(NCCCN(C)CCOC)NCCCn1cccn1. The van der Waals surface area contributed by atoms with Crippen LogP contribution in [0.3, 0.4) is 0 Å². The van der Waals surface area contributed by atoms with Gasteiger partial charge >= 0.3 is 0 Å². The quantitative estimate of drug-likeness (QED) is 0.352. The molecule has 1 aromatic rings. The fourth-order valence-corrected chi connectivity index (χ4v) is 2.02. The summed E-state index contributed by atoms with van der Waals surface area (Å²) in [5.41, 5.74) is 0. The highest BCUT2D eigenvalue weighted by molar-refractivity contribution is 5.79. The van der Waals surface area contributed by atoms with Crippen molar-refractivity contribution in [1.29, 1.82) is 0 Å². The summed E-state index contributed by atoms with van der Waals surface area (Å²) in [6, 6.07) is 1.94. The van der Waals surface area contributed by atoms with Gasteiger partial charge in [-0.3, -0.25) is 9.67 Å². The van der Waals surface area contributed by atoms with Crippen LogP contribution in [0.15, 0.2) is 23.5 Å². The summed E-state index contributed by atoms with van der Waals surface area (Å²) in [5, 5.41) is 10.8. The summed E-state index contributed by atoms with van der Waals surface area (Å²) in [6.07, 6.45) is 5.88. The van der Waals surface area contributed by atoms with Crippen molar-refractivity contribution in [3.8, 4) is 0 Å². The monoisotopic (exact) mass is 310 g/mol. The maximum Gasteiger partial charge on any atom is 0.190 e. The number of nitrogens with one attached hydrogen (secondary N) is 2. The first kappa shape index (κ1) is 18.4. The smallest absolute Gasteiger partial charge is 0.190 e. The summed E-state index contributed by atoms with van der Waals surface area (Å²) >= 11 is 0. The van der Waals surface area contributed by atoms with E-state index in [0.29, 0.717) is 0 Å². The van der Waals surface area contributed by atoms with E-state index in [1.807, 2.05) is 16.9 Å². The Hall–Kier alpha value is -1.60. The zero-order valence-corrected chi connectivity index (χ0v) is 14.1. The summed E-state index contributed by atoms with van der Waals surface area (Å²) in [6.45, 7) is 5.51. The second kappa shape index (κ2) is 12.0. The van der Waals surface area contributed by atoms with Gasteiger partial charge in [0.15, 0.2) is 5.96 Å². The van der Waals surface area contributed by atoms with Crippen LogP contribution in [0, 0.1) is 0 Å². The second-order valence-corrected chi connectivity index (χ2v) is 5.20. The highest BCUT2D eigenvalue weighted by atomic mass is 16.5. The normalized spacial score (nSPS) is 11.9. The Morgan fingerprint density at radius 3 is 2.68 bits per heavy atom. The van der Waals surface area contributed by atoms with Crippen LogP contribution in [0.5, 0.6) is 0 Å². The molecule has 0 unspecified atom stereocenters. The van der Waals surface area contributed by atoms with Gasteiger partial charge in [0.25, 0.3) is 0 Å². The standard InChI is InChI=1S/C15H30N6O/c1-16-15(17-7-4-10-20(2)13-14-22-3)18-8-5-11-21-12-6-9-19-21/h6,9,12H,4-5,7-8,10-11,13-14H2,1-3H3,(H2,16,17,18). The van der Waals surface area contributed by atoms with Gasteiger partial charge in [0.05, 0.1) is 6.61 Å². The van der Waals surface area contributed by atoms with Crippen molar-refractivity contribution in [2.24, 2.45) is 4.99 Å². The van der Waals surface area contributed by atoms with Gasteiger partial charge in [0.1, 0.15) is 0 Å². The molecule has 0 saturated heterocycles. The van der Waals surface area contributed by atoms with Crippen LogP contribution in [0.4, 0.5) is 0 Å². The van der Waals surface area contributed by atoms with Crippen molar-refractivity contribution < 1.29 is 4.74 Å². The van der Waals surface area contributed by atoms with E-state index in [9.17, 15) is 0 Å². The van der Waals surface area contributed by atoms with Gasteiger partial charge in [-0.25, -0.2) is 0 Å². The molecule has 0 bridgehead atoms. The van der Waals surface area contributed by atoms with E-state index in [1.54, 1.807) is 20.4 Å². The number of rotatable bonds is 11. The zero-order valence-electron chi connectivity index (χ0n) is 14.1. The molecule has 0 aliphatic carbocycles. The molecule has 0 spiro atoms. The van der Waals surface area contributed by atoms with E-state index in [-0.39, 0.29) is 0 Å². The minimum Gasteiger partial charge on any atom is -0.383 e. The minimum atomic E-state index is 0.781. The van der Waals surface area contributed by atoms with Crippen molar-refractivity contribution in [1.82, 2.24) is 25.3 Å². The highest BCUT2D eigenvalue weighted by Gasteiger charge is 2.00. The van der Waals surface area contributed by atoms with Crippen molar-refractivity contribution in [2.45, 2.75) is 19.4 Å². The van der Waals surface area contributed by atoms with Gasteiger partial charge < -0.3 is 20.3 Å². The fourth-order valence-electron chi connectivity index (χ4n) is 2.02. The lowest BCUT2D eigenvalue weighted by atomic mass is 10.4. The third kappa shape index (κ3) is 8.63. The number of aryl methyl sites for hydroxylation is 1. The van der Waals surface area contributed by atoms with Crippen molar-refractivity contribution in [3.05, 3.63) is 18.5 Å². The summed E-state index contributed by atoms with van der Waals surface area (Å²) in [7, 11) is 5.65. The van der Waals surface area contributed by atoms with Crippen LogP contribution < -0.4 is 10.6 Å². The number of aliphatic imine (C=N–C) groups is 1. The second-order valence-electron chi connectivity index (χ2n) is 5.20. The summed E-state index contributed by atoms with van der Waals surface area (Å²) in [4.78, 5) is 6.50. The van der Waals surface area contributed by atoms with Crippen LogP contribution in [-0.4, -0.2) is 74.6 Å². The molecule has 0 fully saturated rings. The minimum absolute atomic E-state index is 0.781. The van der Waals surface area contributed by atoms with E-state index in [1.165, 1.54) is 0 Å². The largest absolute Gasteiger partial charge is 0.383 e. The Morgan fingerprint density at radius 2 is 2.05 bits per heavy atom. The van der Waals surface area contributed by atoms with E-state index >= 15 is 0 Å². The Balaban J connectivity index is 2.02. The van der Waals surface area contributed by atoms with Crippen LogP contribution in [-0.2, 0) is 11.3 Å². The number of hydrogen-bond acceptors (Lipinski definition) is 4. The maximum atomic E-state index is 5.06. The van der Waals surface area contributed by atoms with Crippen LogP contribution >= 0.6 is 0 Å². The van der Waals surface area contributed by atoms with E-state index in [2.05, 4.69) is 32.7 Å². The Bertz CT molecular complexity index is 393. The molecule has 7 nitrogen and oxygen atoms in total. The van der Waals surface area contributed by atoms with Gasteiger partial charge in [-0.2, -0.15) is 5.10 Å². The predicted octanol–water partition coefficient (Wildman–Crippen LogP) is 0.407. The maximum absolute atomic E-state index is 5.06. The van der Waals surface area contributed by atoms with E-state index in [4.69, 9.17) is 4.74 Å². The molecule has 1 heterocycles. The molecule has 7 heteroatoms. The molecule has 22 heavy (non-hydrogen) atoms. The molecule has 0 amide bonds. The van der Waals surface area contributed by atoms with Gasteiger partial charge in [-0.15, -0.1) is 0 Å². The molecule has 0 radical (unpaired) electrons. The van der Waals surface area contributed by atoms with Crippen LogP contribution in [0.2, 0.25) is 0 Å². The molecular weight excluding hydrogens is 280 g/mol. The molecule has 0 saturated carbocycles. The number of likely N-dealkylation sites (N-methyl/N-ethyl adjacent to an activating group) is 1. The molecule has 1 aromatic heterocycles. The number of hydrogen-bond donors (Lipinski definition) is 2. The molecule has 2 N–H and O–H groups in total. The van der Waals surface area contributed by atoms with Gasteiger partial charge in [-0.1, -0.05) is 0 Å². The molecule has 0 aliphatic rings. The molecule has 0 aromatic carbocycles. The van der Waals surface area contributed by atoms with Gasteiger partial charge in [0.2, 0.25) is 0 Å². The first-order valence-corrected chi connectivity index (χ1v) is 7.85. The number of ether oxygens (including phenoxy) is 1. The van der Waals surface area contributed by atoms with Crippen molar-refractivity contribution in [3.63, 3.8) is 0 Å². The highest BCUT2D eigenvalue weighted by Crippen LogP contribution is 1.89. The van der Waals surface area contributed by atoms with Gasteiger partial charge in [-0.05, 0) is 32.5 Å². The lowest BCUT2D eigenvalue weighted by Gasteiger charge is -2.17. The van der Waals surface area contributed by atoms with Crippen molar-refractivity contribution >= 4 is 5.96 Å². The Kier molecular flexibility index (Phi) is 10.1. The fraction of sp³-hybridized carbons (Fsp3) is 0.733. The average molecular weight is 310 g/mol.